The highest BCUT2D eigenvalue weighted by Gasteiger charge is 2.29. The zero-order valence-electron chi connectivity index (χ0n) is 8.76. The molecule has 0 aliphatic carbocycles. The third kappa shape index (κ3) is 2.98. The summed E-state index contributed by atoms with van der Waals surface area (Å²) in [7, 11) is 0. The van der Waals surface area contributed by atoms with Crippen LogP contribution in [0.4, 0.5) is 13.2 Å². The van der Waals surface area contributed by atoms with Crippen molar-refractivity contribution in [1.29, 1.82) is 0 Å². The zero-order chi connectivity index (χ0) is 12.5. The maximum Gasteiger partial charge on any atom is 0.406 e. The van der Waals surface area contributed by atoms with Crippen LogP contribution in [0.5, 0.6) is 0 Å². The number of rotatable bonds is 2. The van der Waals surface area contributed by atoms with E-state index in [1.807, 2.05) is 0 Å². The highest BCUT2D eigenvalue weighted by molar-refractivity contribution is 5.04. The molecule has 0 aliphatic heterocycles. The molecule has 0 spiro atoms. The fourth-order valence-corrected chi connectivity index (χ4v) is 1.18. The Morgan fingerprint density at radius 1 is 1.38 bits per heavy atom. The van der Waals surface area contributed by atoms with E-state index in [1.54, 1.807) is 13.8 Å². The summed E-state index contributed by atoms with van der Waals surface area (Å²) in [6.07, 6.45) is -4.59. The Kier molecular flexibility index (Phi) is 3.25. The monoisotopic (exact) mass is 236 g/mol. The van der Waals surface area contributed by atoms with Gasteiger partial charge in [0.05, 0.1) is 0 Å². The highest BCUT2D eigenvalue weighted by Crippen LogP contribution is 2.15. The van der Waals surface area contributed by atoms with Crippen LogP contribution in [0.3, 0.4) is 0 Å². The summed E-state index contributed by atoms with van der Waals surface area (Å²) in [5, 5.41) is 0. The number of hydrogen-bond acceptors (Lipinski definition) is 2. The lowest BCUT2D eigenvalue weighted by Gasteiger charge is -2.10. The van der Waals surface area contributed by atoms with Crippen molar-refractivity contribution in [1.82, 2.24) is 9.55 Å². The first kappa shape index (κ1) is 12.5. The molecule has 0 radical (unpaired) electrons. The van der Waals surface area contributed by atoms with E-state index in [4.69, 9.17) is 0 Å². The van der Waals surface area contributed by atoms with E-state index >= 15 is 0 Å². The molecular formula is C9H11F3N2O2. The minimum absolute atomic E-state index is 0.124. The van der Waals surface area contributed by atoms with E-state index in [2.05, 4.69) is 4.98 Å². The van der Waals surface area contributed by atoms with Gasteiger partial charge in [-0.05, 0) is 5.92 Å². The number of H-pyrrole nitrogens is 1. The van der Waals surface area contributed by atoms with Gasteiger partial charge < -0.3 is 4.98 Å². The van der Waals surface area contributed by atoms with Gasteiger partial charge in [-0.3, -0.25) is 9.36 Å². The molecule has 0 bridgehead atoms. The normalized spacial score (nSPS) is 12.1. The smallest absolute Gasteiger partial charge is 0.311 e. The number of alkyl halides is 3. The molecule has 0 aromatic carbocycles. The summed E-state index contributed by atoms with van der Waals surface area (Å²) < 4.78 is 36.3. The van der Waals surface area contributed by atoms with Crippen molar-refractivity contribution in [3.63, 3.8) is 0 Å². The van der Waals surface area contributed by atoms with Crippen LogP contribution in [0, 0.1) is 0 Å². The summed E-state index contributed by atoms with van der Waals surface area (Å²) in [6.45, 7) is 1.87. The van der Waals surface area contributed by atoms with E-state index < -0.39 is 24.0 Å². The fraction of sp³-hybridized carbons (Fsp3) is 0.556. The lowest BCUT2D eigenvalue weighted by atomic mass is 10.1. The largest absolute Gasteiger partial charge is 0.406 e. The second-order valence-electron chi connectivity index (χ2n) is 3.72. The average Bonchev–Trinajstić information content (AvgIpc) is 2.09. The van der Waals surface area contributed by atoms with Crippen molar-refractivity contribution in [3.05, 3.63) is 32.6 Å². The van der Waals surface area contributed by atoms with Crippen molar-refractivity contribution in [2.24, 2.45) is 0 Å². The zero-order valence-corrected chi connectivity index (χ0v) is 8.76. The predicted molar refractivity (Wildman–Crippen MR) is 51.5 cm³/mol. The third-order valence-corrected chi connectivity index (χ3v) is 2.00. The Labute approximate surface area is 88.7 Å². The summed E-state index contributed by atoms with van der Waals surface area (Å²) in [6, 6.07) is 1.01. The Bertz CT molecular complexity index is 454. The molecule has 0 amide bonds. The molecule has 0 saturated carbocycles. The second-order valence-corrected chi connectivity index (χ2v) is 3.72. The van der Waals surface area contributed by atoms with Crippen LogP contribution in [0.15, 0.2) is 15.7 Å². The van der Waals surface area contributed by atoms with Gasteiger partial charge in [-0.2, -0.15) is 13.2 Å². The van der Waals surface area contributed by atoms with Crippen molar-refractivity contribution in [3.8, 4) is 0 Å². The number of halogens is 3. The third-order valence-electron chi connectivity index (χ3n) is 2.00. The minimum Gasteiger partial charge on any atom is -0.311 e. The number of aromatic amines is 1. The quantitative estimate of drug-likeness (QED) is 0.839. The van der Waals surface area contributed by atoms with Crippen molar-refractivity contribution in [2.75, 3.05) is 0 Å². The summed E-state index contributed by atoms with van der Waals surface area (Å²) in [5.74, 6) is -0.124. The summed E-state index contributed by atoms with van der Waals surface area (Å²) >= 11 is 0. The Morgan fingerprint density at radius 2 is 1.94 bits per heavy atom. The van der Waals surface area contributed by atoms with E-state index in [0.717, 1.165) is 6.07 Å². The van der Waals surface area contributed by atoms with Gasteiger partial charge in [0, 0.05) is 11.8 Å². The van der Waals surface area contributed by atoms with E-state index in [-0.39, 0.29) is 10.5 Å². The maximum absolute atomic E-state index is 12.0. The van der Waals surface area contributed by atoms with Crippen molar-refractivity contribution in [2.45, 2.75) is 32.5 Å². The first-order valence-electron chi connectivity index (χ1n) is 4.61. The minimum atomic E-state index is -4.59. The molecule has 16 heavy (non-hydrogen) atoms. The molecular weight excluding hydrogens is 225 g/mol. The van der Waals surface area contributed by atoms with E-state index in [9.17, 15) is 22.8 Å². The van der Waals surface area contributed by atoms with Gasteiger partial charge in [0.15, 0.2) is 0 Å². The van der Waals surface area contributed by atoms with E-state index in [1.165, 1.54) is 0 Å². The number of hydrogen-bond donors (Lipinski definition) is 1. The molecule has 1 aromatic rings. The van der Waals surface area contributed by atoms with Gasteiger partial charge >= 0.3 is 11.9 Å². The molecule has 1 N–H and O–H groups in total. The van der Waals surface area contributed by atoms with Crippen molar-refractivity contribution >= 4 is 0 Å². The standard InChI is InChI=1S/C9H11F3N2O2/c1-5(2)6-3-7(15)14(8(16)13-6)4-9(10,11)12/h3,5H,4H2,1-2H3,(H,13,16). The molecule has 0 saturated heterocycles. The average molecular weight is 236 g/mol. The Balaban J connectivity index is 3.25. The van der Waals surface area contributed by atoms with E-state index in [0.29, 0.717) is 5.69 Å². The van der Waals surface area contributed by atoms with Gasteiger partial charge in [0.25, 0.3) is 5.56 Å². The van der Waals surface area contributed by atoms with Crippen LogP contribution in [-0.4, -0.2) is 15.7 Å². The summed E-state index contributed by atoms with van der Waals surface area (Å²) in [5.41, 5.74) is -1.65. The number of aromatic nitrogens is 2. The Morgan fingerprint density at radius 3 is 2.31 bits per heavy atom. The first-order chi connectivity index (χ1) is 7.20. The fourth-order valence-electron chi connectivity index (χ4n) is 1.18. The topological polar surface area (TPSA) is 54.9 Å². The van der Waals surface area contributed by atoms with Crippen LogP contribution in [0.25, 0.3) is 0 Å². The molecule has 90 valence electrons. The van der Waals surface area contributed by atoms with Gasteiger partial charge in [0.2, 0.25) is 0 Å². The molecule has 7 heteroatoms. The van der Waals surface area contributed by atoms with Gasteiger partial charge in [-0.25, -0.2) is 4.79 Å². The number of nitrogens with zero attached hydrogens (tertiary/aromatic N) is 1. The predicted octanol–water partition coefficient (Wildman–Crippen LogP) is 1.22. The SMILES string of the molecule is CC(C)c1cc(=O)n(CC(F)(F)F)c(=O)[nH]1. The maximum atomic E-state index is 12.0. The lowest BCUT2D eigenvalue weighted by molar-refractivity contribution is -0.141. The van der Waals surface area contributed by atoms with Crippen LogP contribution in [0.1, 0.15) is 25.5 Å². The van der Waals surface area contributed by atoms with Crippen LogP contribution in [0.2, 0.25) is 0 Å². The first-order valence-corrected chi connectivity index (χ1v) is 4.61. The van der Waals surface area contributed by atoms with Crippen LogP contribution >= 0.6 is 0 Å². The molecule has 0 fully saturated rings. The van der Waals surface area contributed by atoms with Gasteiger partial charge in [-0.15, -0.1) is 0 Å². The molecule has 0 aliphatic rings. The van der Waals surface area contributed by atoms with Gasteiger partial charge in [0.1, 0.15) is 6.54 Å². The molecule has 1 aromatic heterocycles. The molecule has 1 rings (SSSR count). The Hall–Kier alpha value is -1.53. The number of nitrogens with one attached hydrogen (secondary N) is 1. The van der Waals surface area contributed by atoms with Crippen molar-refractivity contribution < 1.29 is 13.2 Å². The molecule has 1 heterocycles. The van der Waals surface area contributed by atoms with Gasteiger partial charge in [-0.1, -0.05) is 13.8 Å². The molecule has 0 unspecified atom stereocenters. The lowest BCUT2D eigenvalue weighted by Crippen LogP contribution is -2.39. The molecule has 4 nitrogen and oxygen atoms in total. The second kappa shape index (κ2) is 4.15. The molecule has 0 atom stereocenters. The highest BCUT2D eigenvalue weighted by atomic mass is 19.4. The summed E-state index contributed by atoms with van der Waals surface area (Å²) in [4.78, 5) is 24.8. The van der Waals surface area contributed by atoms with Crippen LogP contribution < -0.4 is 11.2 Å². The van der Waals surface area contributed by atoms with Crippen LogP contribution in [-0.2, 0) is 6.54 Å².